The minimum absolute atomic E-state index is 0.919. The molecule has 0 aliphatic rings. The lowest BCUT2D eigenvalue weighted by molar-refractivity contribution is 0.788. The monoisotopic (exact) mass is 277 g/mol. The Bertz CT molecular complexity index is 977. The van der Waals surface area contributed by atoms with Crippen LogP contribution in [0.15, 0.2) is 30.5 Å². The van der Waals surface area contributed by atoms with Crippen molar-refractivity contribution in [2.24, 2.45) is 7.05 Å². The van der Waals surface area contributed by atoms with Gasteiger partial charge in [-0.05, 0) is 43.7 Å². The van der Waals surface area contributed by atoms with E-state index in [2.05, 4.69) is 39.3 Å². The van der Waals surface area contributed by atoms with Crippen molar-refractivity contribution in [3.63, 3.8) is 0 Å². The fraction of sp³-hybridized carbons (Fsp3) is 0.188. The van der Waals surface area contributed by atoms with Gasteiger partial charge in [0.2, 0.25) is 0 Å². The maximum Gasteiger partial charge on any atom is 0.117 e. The molecule has 0 saturated heterocycles. The van der Waals surface area contributed by atoms with Crippen molar-refractivity contribution in [3.05, 3.63) is 41.7 Å². The summed E-state index contributed by atoms with van der Waals surface area (Å²) >= 11 is 0. The van der Waals surface area contributed by atoms with Crippen molar-refractivity contribution in [2.75, 3.05) is 0 Å². The molecule has 5 nitrogen and oxygen atoms in total. The Morgan fingerprint density at radius 1 is 1.14 bits per heavy atom. The minimum atomic E-state index is 0.919. The molecule has 5 heteroatoms. The number of H-pyrrole nitrogens is 1. The lowest BCUT2D eigenvalue weighted by Gasteiger charge is -2.05. The highest BCUT2D eigenvalue weighted by Gasteiger charge is 2.14. The summed E-state index contributed by atoms with van der Waals surface area (Å²) in [7, 11) is 1.96. The third-order valence-corrected chi connectivity index (χ3v) is 3.84. The molecule has 1 aromatic carbocycles. The van der Waals surface area contributed by atoms with Crippen LogP contribution in [0.5, 0.6) is 0 Å². The summed E-state index contributed by atoms with van der Waals surface area (Å²) in [5.41, 5.74) is 7.27. The molecule has 0 atom stereocenters. The second kappa shape index (κ2) is 4.15. The van der Waals surface area contributed by atoms with E-state index in [0.717, 1.165) is 38.9 Å². The van der Waals surface area contributed by atoms with Gasteiger partial charge in [0, 0.05) is 23.7 Å². The molecule has 3 aromatic heterocycles. The zero-order chi connectivity index (χ0) is 14.6. The summed E-state index contributed by atoms with van der Waals surface area (Å²) < 4.78 is 1.90. The van der Waals surface area contributed by atoms with Gasteiger partial charge in [0.15, 0.2) is 0 Å². The first kappa shape index (κ1) is 12.1. The summed E-state index contributed by atoms with van der Waals surface area (Å²) in [6.07, 6.45) is 1.85. The van der Waals surface area contributed by atoms with Crippen molar-refractivity contribution in [3.8, 4) is 11.3 Å². The highest BCUT2D eigenvalue weighted by atomic mass is 15.3. The van der Waals surface area contributed by atoms with Crippen LogP contribution in [0.25, 0.3) is 33.2 Å². The Kier molecular flexibility index (Phi) is 2.39. The van der Waals surface area contributed by atoms with Gasteiger partial charge < -0.3 is 0 Å². The second-order valence-corrected chi connectivity index (χ2v) is 5.42. The average Bonchev–Trinajstić information content (AvgIpc) is 3.02. The van der Waals surface area contributed by atoms with Crippen molar-refractivity contribution in [1.82, 2.24) is 25.0 Å². The van der Waals surface area contributed by atoms with E-state index in [1.165, 1.54) is 5.56 Å². The normalized spacial score (nSPS) is 11.6. The van der Waals surface area contributed by atoms with Crippen molar-refractivity contribution >= 4 is 21.9 Å². The third kappa shape index (κ3) is 1.74. The van der Waals surface area contributed by atoms with Crippen LogP contribution >= 0.6 is 0 Å². The lowest BCUT2D eigenvalue weighted by atomic mass is 10.0. The molecule has 104 valence electrons. The number of nitrogens with zero attached hydrogens (tertiary/aromatic N) is 4. The molecule has 3 heterocycles. The van der Waals surface area contributed by atoms with Crippen molar-refractivity contribution < 1.29 is 0 Å². The maximum atomic E-state index is 4.66. The molecule has 0 bridgehead atoms. The maximum absolute atomic E-state index is 4.66. The first-order valence-electron chi connectivity index (χ1n) is 6.88. The zero-order valence-electron chi connectivity index (χ0n) is 12.2. The van der Waals surface area contributed by atoms with E-state index in [9.17, 15) is 0 Å². The molecule has 0 aliphatic heterocycles. The fourth-order valence-electron chi connectivity index (χ4n) is 2.86. The minimum Gasteiger partial charge on any atom is -0.278 e. The van der Waals surface area contributed by atoms with Crippen LogP contribution in [0, 0.1) is 13.8 Å². The van der Waals surface area contributed by atoms with Crippen LogP contribution in [-0.4, -0.2) is 25.0 Å². The molecular weight excluding hydrogens is 262 g/mol. The Labute approximate surface area is 121 Å². The van der Waals surface area contributed by atoms with Crippen LogP contribution in [-0.2, 0) is 7.05 Å². The predicted octanol–water partition coefficient (Wildman–Crippen LogP) is 3.13. The molecule has 0 amide bonds. The topological polar surface area (TPSA) is 59.4 Å². The number of hydrogen-bond donors (Lipinski definition) is 1. The number of pyridine rings is 1. The third-order valence-electron chi connectivity index (χ3n) is 3.84. The average molecular weight is 277 g/mol. The van der Waals surface area contributed by atoms with Crippen LogP contribution in [0.2, 0.25) is 0 Å². The van der Waals surface area contributed by atoms with Gasteiger partial charge in [-0.2, -0.15) is 10.2 Å². The first-order chi connectivity index (χ1) is 10.1. The van der Waals surface area contributed by atoms with Gasteiger partial charge in [0.25, 0.3) is 0 Å². The highest BCUT2D eigenvalue weighted by molar-refractivity contribution is 5.94. The molecule has 0 saturated carbocycles. The van der Waals surface area contributed by atoms with E-state index in [4.69, 9.17) is 0 Å². The molecule has 1 N–H and O–H groups in total. The Morgan fingerprint density at radius 3 is 2.86 bits per heavy atom. The number of aryl methyl sites for hydroxylation is 3. The Hall–Kier alpha value is -2.69. The molecule has 0 fully saturated rings. The number of benzene rings is 1. The SMILES string of the molecule is Cc1ccc2nn(C)c(-c3cc(C)c4[nH]ncc4c3)c2n1. The largest absolute Gasteiger partial charge is 0.278 e. The number of nitrogens with one attached hydrogen (secondary N) is 1. The second-order valence-electron chi connectivity index (χ2n) is 5.42. The van der Waals surface area contributed by atoms with E-state index in [-0.39, 0.29) is 0 Å². The molecule has 4 rings (SSSR count). The first-order valence-corrected chi connectivity index (χ1v) is 6.88. The summed E-state index contributed by atoms with van der Waals surface area (Å²) in [5.74, 6) is 0. The summed E-state index contributed by atoms with van der Waals surface area (Å²) in [5, 5.41) is 12.8. The lowest BCUT2D eigenvalue weighted by Crippen LogP contribution is -1.94. The van der Waals surface area contributed by atoms with Gasteiger partial charge in [-0.25, -0.2) is 4.98 Å². The molecule has 0 unspecified atom stereocenters. The van der Waals surface area contributed by atoms with Gasteiger partial charge >= 0.3 is 0 Å². The van der Waals surface area contributed by atoms with Crippen molar-refractivity contribution in [1.29, 1.82) is 0 Å². The molecule has 4 aromatic rings. The van der Waals surface area contributed by atoms with E-state index in [1.54, 1.807) is 0 Å². The zero-order valence-corrected chi connectivity index (χ0v) is 12.2. The summed E-state index contributed by atoms with van der Waals surface area (Å²) in [6, 6.07) is 8.29. The number of hydrogen-bond acceptors (Lipinski definition) is 3. The van der Waals surface area contributed by atoms with Crippen LogP contribution in [0.4, 0.5) is 0 Å². The van der Waals surface area contributed by atoms with Crippen LogP contribution < -0.4 is 0 Å². The molecule has 0 spiro atoms. The molecule has 0 aliphatic carbocycles. The van der Waals surface area contributed by atoms with Gasteiger partial charge in [-0.3, -0.25) is 9.78 Å². The number of fused-ring (bicyclic) bond motifs is 2. The summed E-state index contributed by atoms with van der Waals surface area (Å²) in [6.45, 7) is 4.09. The molecule has 0 radical (unpaired) electrons. The fourth-order valence-corrected chi connectivity index (χ4v) is 2.86. The molecular formula is C16H15N5. The van der Waals surface area contributed by atoms with Gasteiger partial charge in [0.1, 0.15) is 11.0 Å². The van der Waals surface area contributed by atoms with Crippen LogP contribution in [0.3, 0.4) is 0 Å². The standard InChI is InChI=1S/C16H15N5/c1-9-6-11(7-12-8-17-19-14(9)12)16-15-13(20-21(16)3)5-4-10(2)18-15/h4-8H,1-3H3,(H,17,19). The smallest absolute Gasteiger partial charge is 0.117 e. The van der Waals surface area contributed by atoms with Gasteiger partial charge in [0.05, 0.1) is 17.4 Å². The highest BCUT2D eigenvalue weighted by Crippen LogP contribution is 2.30. The Balaban J connectivity index is 2.07. The van der Waals surface area contributed by atoms with Gasteiger partial charge in [-0.15, -0.1) is 0 Å². The van der Waals surface area contributed by atoms with E-state index >= 15 is 0 Å². The van der Waals surface area contributed by atoms with Gasteiger partial charge in [-0.1, -0.05) is 0 Å². The van der Waals surface area contributed by atoms with E-state index < -0.39 is 0 Å². The number of aromatic amines is 1. The van der Waals surface area contributed by atoms with E-state index in [0.29, 0.717) is 0 Å². The Morgan fingerprint density at radius 2 is 2.00 bits per heavy atom. The van der Waals surface area contributed by atoms with Crippen molar-refractivity contribution in [2.45, 2.75) is 13.8 Å². The molecule has 21 heavy (non-hydrogen) atoms. The number of aromatic nitrogens is 5. The van der Waals surface area contributed by atoms with Crippen LogP contribution in [0.1, 0.15) is 11.3 Å². The van der Waals surface area contributed by atoms with E-state index in [1.807, 2.05) is 37.0 Å². The number of rotatable bonds is 1. The predicted molar refractivity (Wildman–Crippen MR) is 83.1 cm³/mol. The summed E-state index contributed by atoms with van der Waals surface area (Å²) in [4.78, 5) is 4.66. The quantitative estimate of drug-likeness (QED) is 0.581.